The monoisotopic (exact) mass is 344 g/mol. The molecule has 3 rings (SSSR count). The predicted octanol–water partition coefficient (Wildman–Crippen LogP) is 4.70. The SMILES string of the molecule is C[C@H](Nc1cccc2ccccc12)C(=O)Nc1ccc(F)c(F)c1F. The maximum absolute atomic E-state index is 13.7. The van der Waals surface area contributed by atoms with Gasteiger partial charge in [0.05, 0.1) is 5.69 Å². The summed E-state index contributed by atoms with van der Waals surface area (Å²) in [5.74, 6) is -4.92. The van der Waals surface area contributed by atoms with Gasteiger partial charge in [-0.3, -0.25) is 4.79 Å². The van der Waals surface area contributed by atoms with Gasteiger partial charge >= 0.3 is 0 Å². The number of hydrogen-bond donors (Lipinski definition) is 2. The molecule has 0 aromatic heterocycles. The van der Waals surface area contributed by atoms with E-state index >= 15 is 0 Å². The molecule has 0 spiro atoms. The van der Waals surface area contributed by atoms with Crippen molar-refractivity contribution in [3.05, 3.63) is 72.0 Å². The Labute approximate surface area is 142 Å². The topological polar surface area (TPSA) is 41.1 Å². The molecule has 0 aliphatic rings. The van der Waals surface area contributed by atoms with Crippen molar-refractivity contribution >= 4 is 28.1 Å². The number of amides is 1. The molecule has 0 unspecified atom stereocenters. The quantitative estimate of drug-likeness (QED) is 0.674. The largest absolute Gasteiger partial charge is 0.373 e. The molecular weight excluding hydrogens is 329 g/mol. The molecule has 0 saturated carbocycles. The first kappa shape index (κ1) is 16.8. The van der Waals surface area contributed by atoms with E-state index in [0.29, 0.717) is 0 Å². The highest BCUT2D eigenvalue weighted by Crippen LogP contribution is 2.24. The van der Waals surface area contributed by atoms with Crippen LogP contribution in [-0.2, 0) is 4.79 Å². The van der Waals surface area contributed by atoms with Crippen LogP contribution in [0.25, 0.3) is 10.8 Å². The Hall–Kier alpha value is -3.02. The van der Waals surface area contributed by atoms with Crippen LogP contribution < -0.4 is 10.6 Å². The third-order valence-corrected chi connectivity index (χ3v) is 3.85. The summed E-state index contributed by atoms with van der Waals surface area (Å²) >= 11 is 0. The van der Waals surface area contributed by atoms with Gasteiger partial charge in [0.1, 0.15) is 6.04 Å². The number of halogens is 3. The van der Waals surface area contributed by atoms with Crippen LogP contribution in [0, 0.1) is 17.5 Å². The maximum atomic E-state index is 13.7. The van der Waals surface area contributed by atoms with Gasteiger partial charge in [0.2, 0.25) is 5.91 Å². The van der Waals surface area contributed by atoms with Crippen molar-refractivity contribution in [1.29, 1.82) is 0 Å². The summed E-state index contributed by atoms with van der Waals surface area (Å²) in [6.45, 7) is 1.59. The van der Waals surface area contributed by atoms with Crippen LogP contribution in [0.3, 0.4) is 0 Å². The molecule has 6 heteroatoms. The Kier molecular flexibility index (Phi) is 4.61. The lowest BCUT2D eigenvalue weighted by Gasteiger charge is -2.17. The third-order valence-electron chi connectivity index (χ3n) is 3.85. The van der Waals surface area contributed by atoms with Gasteiger partial charge in [0.25, 0.3) is 0 Å². The average molecular weight is 344 g/mol. The zero-order valence-corrected chi connectivity index (χ0v) is 13.3. The van der Waals surface area contributed by atoms with E-state index in [1.807, 2.05) is 42.5 Å². The first-order valence-corrected chi connectivity index (χ1v) is 7.66. The van der Waals surface area contributed by atoms with Crippen LogP contribution in [-0.4, -0.2) is 11.9 Å². The molecule has 0 saturated heterocycles. The Balaban J connectivity index is 1.78. The van der Waals surface area contributed by atoms with Crippen LogP contribution in [0.5, 0.6) is 0 Å². The fourth-order valence-corrected chi connectivity index (χ4v) is 2.51. The summed E-state index contributed by atoms with van der Waals surface area (Å²) < 4.78 is 39.9. The number of hydrogen-bond acceptors (Lipinski definition) is 2. The third kappa shape index (κ3) is 3.42. The van der Waals surface area contributed by atoms with Gasteiger partial charge < -0.3 is 10.6 Å². The van der Waals surface area contributed by atoms with Crippen LogP contribution in [0.2, 0.25) is 0 Å². The Morgan fingerprint density at radius 1 is 0.880 bits per heavy atom. The summed E-state index contributed by atoms with van der Waals surface area (Å²) in [5, 5.41) is 7.25. The highest BCUT2D eigenvalue weighted by Gasteiger charge is 2.19. The molecule has 0 heterocycles. The minimum Gasteiger partial charge on any atom is -0.373 e. The van der Waals surface area contributed by atoms with Gasteiger partial charge in [-0.2, -0.15) is 0 Å². The smallest absolute Gasteiger partial charge is 0.246 e. The van der Waals surface area contributed by atoms with E-state index in [1.165, 1.54) is 0 Å². The van der Waals surface area contributed by atoms with Gasteiger partial charge in [-0.1, -0.05) is 36.4 Å². The van der Waals surface area contributed by atoms with Gasteiger partial charge in [0.15, 0.2) is 17.5 Å². The van der Waals surface area contributed by atoms with Gasteiger partial charge in [0, 0.05) is 11.1 Å². The highest BCUT2D eigenvalue weighted by molar-refractivity contribution is 5.99. The summed E-state index contributed by atoms with van der Waals surface area (Å²) in [4.78, 5) is 12.2. The van der Waals surface area contributed by atoms with E-state index in [1.54, 1.807) is 6.92 Å². The van der Waals surface area contributed by atoms with E-state index in [2.05, 4.69) is 10.6 Å². The fourth-order valence-electron chi connectivity index (χ4n) is 2.51. The summed E-state index contributed by atoms with van der Waals surface area (Å²) in [6.07, 6.45) is 0. The number of nitrogens with one attached hydrogen (secondary N) is 2. The van der Waals surface area contributed by atoms with Crippen molar-refractivity contribution in [2.24, 2.45) is 0 Å². The molecular formula is C19H15F3N2O. The molecule has 3 nitrogen and oxygen atoms in total. The number of fused-ring (bicyclic) bond motifs is 1. The summed E-state index contributed by atoms with van der Waals surface area (Å²) in [5.41, 5.74) is 0.335. The maximum Gasteiger partial charge on any atom is 0.246 e. The molecule has 1 atom stereocenters. The fraction of sp³-hybridized carbons (Fsp3) is 0.105. The summed E-state index contributed by atoms with van der Waals surface area (Å²) in [6, 6.07) is 14.3. The second kappa shape index (κ2) is 6.84. The van der Waals surface area contributed by atoms with Crippen LogP contribution >= 0.6 is 0 Å². The Morgan fingerprint density at radius 2 is 1.60 bits per heavy atom. The lowest BCUT2D eigenvalue weighted by Crippen LogP contribution is -2.32. The van der Waals surface area contributed by atoms with Crippen molar-refractivity contribution in [3.63, 3.8) is 0 Å². The molecule has 25 heavy (non-hydrogen) atoms. The van der Waals surface area contributed by atoms with Crippen LogP contribution in [0.1, 0.15) is 6.92 Å². The zero-order chi connectivity index (χ0) is 18.0. The number of carbonyl (C=O) groups is 1. The molecule has 128 valence electrons. The van der Waals surface area contributed by atoms with Crippen molar-refractivity contribution in [2.75, 3.05) is 10.6 Å². The predicted molar refractivity (Wildman–Crippen MR) is 92.0 cm³/mol. The molecule has 0 aliphatic heterocycles. The second-order valence-corrected chi connectivity index (χ2v) is 5.60. The highest BCUT2D eigenvalue weighted by atomic mass is 19.2. The molecule has 0 aliphatic carbocycles. The van der Waals surface area contributed by atoms with Gasteiger partial charge in [-0.15, -0.1) is 0 Å². The van der Waals surface area contributed by atoms with E-state index in [-0.39, 0.29) is 0 Å². The molecule has 1 amide bonds. The first-order chi connectivity index (χ1) is 12.0. The minimum absolute atomic E-state index is 0.407. The van der Waals surface area contributed by atoms with E-state index in [4.69, 9.17) is 0 Å². The van der Waals surface area contributed by atoms with Gasteiger partial charge in [-0.25, -0.2) is 13.2 Å². The normalized spacial score (nSPS) is 12.0. The van der Waals surface area contributed by atoms with Gasteiger partial charge in [-0.05, 0) is 30.5 Å². The van der Waals surface area contributed by atoms with Crippen molar-refractivity contribution in [2.45, 2.75) is 13.0 Å². The van der Waals surface area contributed by atoms with E-state index in [0.717, 1.165) is 28.6 Å². The molecule has 2 N–H and O–H groups in total. The van der Waals surface area contributed by atoms with Crippen molar-refractivity contribution < 1.29 is 18.0 Å². The standard InChI is InChI=1S/C19H15F3N2O/c1-11(19(25)24-16-10-9-14(20)17(21)18(16)22)23-15-8-4-6-12-5-2-3-7-13(12)15/h2-11,23H,1H3,(H,24,25)/t11-/m0/s1. The number of benzene rings is 3. The average Bonchev–Trinajstić information content (AvgIpc) is 2.62. The molecule has 0 fully saturated rings. The zero-order valence-electron chi connectivity index (χ0n) is 13.3. The second-order valence-electron chi connectivity index (χ2n) is 5.60. The Bertz CT molecular complexity index is 938. The number of carbonyl (C=O) groups excluding carboxylic acids is 1. The first-order valence-electron chi connectivity index (χ1n) is 7.66. The number of rotatable bonds is 4. The van der Waals surface area contributed by atoms with Crippen LogP contribution in [0.4, 0.5) is 24.5 Å². The lowest BCUT2D eigenvalue weighted by atomic mass is 10.1. The lowest BCUT2D eigenvalue weighted by molar-refractivity contribution is -0.116. The van der Waals surface area contributed by atoms with E-state index < -0.39 is 35.1 Å². The van der Waals surface area contributed by atoms with E-state index in [9.17, 15) is 18.0 Å². The minimum atomic E-state index is -1.62. The van der Waals surface area contributed by atoms with Crippen molar-refractivity contribution in [1.82, 2.24) is 0 Å². The van der Waals surface area contributed by atoms with Crippen LogP contribution in [0.15, 0.2) is 54.6 Å². The molecule has 3 aromatic carbocycles. The molecule has 0 radical (unpaired) electrons. The molecule has 3 aromatic rings. The molecule has 0 bridgehead atoms. The Morgan fingerprint density at radius 3 is 2.40 bits per heavy atom. The summed E-state index contributed by atoms with van der Waals surface area (Å²) in [7, 11) is 0. The van der Waals surface area contributed by atoms with Crippen molar-refractivity contribution in [3.8, 4) is 0 Å². The number of anilines is 2.